The summed E-state index contributed by atoms with van der Waals surface area (Å²) in [6.07, 6.45) is 2.21. The lowest BCUT2D eigenvalue weighted by molar-refractivity contribution is 0.471. The molecule has 2 aliphatic heterocycles. The van der Waals surface area contributed by atoms with E-state index in [2.05, 4.69) is 20.4 Å². The van der Waals surface area contributed by atoms with Crippen molar-refractivity contribution in [1.29, 1.82) is 5.41 Å². The molecule has 26 heavy (non-hydrogen) atoms. The van der Waals surface area contributed by atoms with E-state index in [9.17, 15) is 9.50 Å². The summed E-state index contributed by atoms with van der Waals surface area (Å²) in [5.74, 6) is 0.376. The molecule has 0 aliphatic carbocycles. The van der Waals surface area contributed by atoms with Gasteiger partial charge >= 0.3 is 0 Å². The van der Waals surface area contributed by atoms with Crippen LogP contribution < -0.4 is 16.0 Å². The van der Waals surface area contributed by atoms with E-state index < -0.39 is 5.82 Å². The van der Waals surface area contributed by atoms with Gasteiger partial charge in [-0.25, -0.2) is 4.39 Å². The van der Waals surface area contributed by atoms with Crippen LogP contribution in [-0.4, -0.2) is 47.7 Å². The molecule has 2 atom stereocenters. The van der Waals surface area contributed by atoms with Crippen LogP contribution >= 0.6 is 11.3 Å². The number of halogens is 1. The summed E-state index contributed by atoms with van der Waals surface area (Å²) in [4.78, 5) is 2.19. The average molecular weight is 374 g/mol. The van der Waals surface area contributed by atoms with Gasteiger partial charge in [-0.15, -0.1) is 10.2 Å². The molecule has 0 amide bonds. The van der Waals surface area contributed by atoms with Gasteiger partial charge in [0.15, 0.2) is 5.01 Å². The molecule has 2 aliphatic rings. The van der Waals surface area contributed by atoms with Crippen LogP contribution in [0.4, 0.5) is 9.52 Å². The summed E-state index contributed by atoms with van der Waals surface area (Å²) in [7, 11) is 0. The zero-order chi connectivity index (χ0) is 18.3. The zero-order valence-corrected chi connectivity index (χ0v) is 14.8. The van der Waals surface area contributed by atoms with Crippen molar-refractivity contribution in [2.75, 3.05) is 31.1 Å². The second-order valence-corrected chi connectivity index (χ2v) is 7.55. The first-order valence-corrected chi connectivity index (χ1v) is 9.17. The van der Waals surface area contributed by atoms with Crippen molar-refractivity contribution in [2.24, 2.45) is 17.6 Å². The van der Waals surface area contributed by atoms with E-state index in [-0.39, 0.29) is 11.3 Å². The lowest BCUT2D eigenvalue weighted by Crippen LogP contribution is -2.25. The number of benzene rings is 1. The van der Waals surface area contributed by atoms with E-state index in [4.69, 9.17) is 11.1 Å². The Morgan fingerprint density at radius 1 is 1.35 bits per heavy atom. The Balaban J connectivity index is 1.62. The summed E-state index contributed by atoms with van der Waals surface area (Å²) in [5, 5.41) is 30.4. The van der Waals surface area contributed by atoms with Gasteiger partial charge in [-0.1, -0.05) is 11.3 Å². The molecule has 2 fully saturated rings. The maximum atomic E-state index is 14.6. The fourth-order valence-electron chi connectivity index (χ4n) is 3.65. The van der Waals surface area contributed by atoms with Gasteiger partial charge < -0.3 is 26.5 Å². The van der Waals surface area contributed by atoms with E-state index in [0.717, 1.165) is 37.5 Å². The molecule has 2 unspecified atom stereocenters. The monoisotopic (exact) mass is 374 g/mol. The average Bonchev–Trinajstić information content (AvgIpc) is 3.30. The number of fused-ring (bicyclic) bond motifs is 1. The van der Waals surface area contributed by atoms with Crippen molar-refractivity contribution in [2.45, 2.75) is 0 Å². The van der Waals surface area contributed by atoms with E-state index in [1.807, 2.05) is 0 Å². The molecule has 0 spiro atoms. The van der Waals surface area contributed by atoms with Crippen molar-refractivity contribution in [3.63, 3.8) is 0 Å². The highest BCUT2D eigenvalue weighted by molar-refractivity contribution is 7.18. The standard InChI is InChI=1S/C17H19FN6OS/c18-13-1-9(10(3-19)4-20)2-14(25)15(13)16-22-23-17(26-16)24-7-11-5-21-6-12(11)8-24/h1-4,11-12,19,21,25H,5-8,20H2. The van der Waals surface area contributed by atoms with Crippen molar-refractivity contribution < 1.29 is 9.50 Å². The Morgan fingerprint density at radius 2 is 2.08 bits per heavy atom. The number of phenolic OH excluding ortho intramolecular Hbond substituents is 1. The summed E-state index contributed by atoms with van der Waals surface area (Å²) in [6, 6.07) is 2.63. The number of allylic oxidation sites excluding steroid dienone is 1. The van der Waals surface area contributed by atoms with E-state index in [1.165, 1.54) is 29.7 Å². The molecule has 4 rings (SSSR count). The molecular weight excluding hydrogens is 355 g/mol. The zero-order valence-electron chi connectivity index (χ0n) is 13.9. The highest BCUT2D eigenvalue weighted by Crippen LogP contribution is 2.39. The van der Waals surface area contributed by atoms with Crippen LogP contribution in [-0.2, 0) is 0 Å². The van der Waals surface area contributed by atoms with Crippen LogP contribution in [0.25, 0.3) is 16.1 Å². The summed E-state index contributed by atoms with van der Waals surface area (Å²) in [6.45, 7) is 3.88. The van der Waals surface area contributed by atoms with Crippen LogP contribution in [0.15, 0.2) is 18.3 Å². The molecular formula is C17H19FN6OS. The lowest BCUT2D eigenvalue weighted by atomic mass is 10.0. The molecule has 1 aromatic carbocycles. The minimum absolute atomic E-state index is 0.0277. The maximum absolute atomic E-state index is 14.6. The van der Waals surface area contributed by atoms with Crippen molar-refractivity contribution in [3.8, 4) is 16.3 Å². The molecule has 2 saturated heterocycles. The van der Waals surface area contributed by atoms with E-state index in [0.29, 0.717) is 28.0 Å². The molecule has 3 heterocycles. The molecule has 0 bridgehead atoms. The number of rotatable bonds is 4. The number of hydrogen-bond donors (Lipinski definition) is 4. The molecule has 7 nitrogen and oxygen atoms in total. The van der Waals surface area contributed by atoms with Gasteiger partial charge in [-0.05, 0) is 29.5 Å². The van der Waals surface area contributed by atoms with Crippen molar-refractivity contribution in [3.05, 3.63) is 29.7 Å². The van der Waals surface area contributed by atoms with Gasteiger partial charge in [-0.3, -0.25) is 0 Å². The first-order valence-electron chi connectivity index (χ1n) is 8.35. The normalized spacial score (nSPS) is 22.7. The number of aromatic hydroxyl groups is 1. The first kappa shape index (κ1) is 16.9. The van der Waals surface area contributed by atoms with Gasteiger partial charge in [0.25, 0.3) is 0 Å². The van der Waals surface area contributed by atoms with E-state index >= 15 is 0 Å². The summed E-state index contributed by atoms with van der Waals surface area (Å²) in [5.41, 5.74) is 6.12. The van der Waals surface area contributed by atoms with Crippen molar-refractivity contribution in [1.82, 2.24) is 15.5 Å². The number of phenols is 1. The minimum atomic E-state index is -0.619. The highest BCUT2D eigenvalue weighted by atomic mass is 32.1. The first-order chi connectivity index (χ1) is 12.6. The molecule has 0 saturated carbocycles. The fourth-order valence-corrected chi connectivity index (χ4v) is 4.57. The third-order valence-electron chi connectivity index (χ3n) is 5.03. The van der Waals surface area contributed by atoms with Gasteiger partial charge in [-0.2, -0.15) is 0 Å². The largest absolute Gasteiger partial charge is 0.507 e. The van der Waals surface area contributed by atoms with Gasteiger partial charge in [0.2, 0.25) is 5.13 Å². The molecule has 1 aromatic heterocycles. The number of anilines is 1. The van der Waals surface area contributed by atoms with Gasteiger partial charge in [0.05, 0.1) is 5.56 Å². The second kappa shape index (κ2) is 6.65. The summed E-state index contributed by atoms with van der Waals surface area (Å²) < 4.78 is 14.6. The minimum Gasteiger partial charge on any atom is -0.507 e. The number of hydrogen-bond acceptors (Lipinski definition) is 8. The van der Waals surface area contributed by atoms with Crippen LogP contribution in [0.5, 0.6) is 5.75 Å². The van der Waals surface area contributed by atoms with Crippen LogP contribution in [0.3, 0.4) is 0 Å². The van der Waals surface area contributed by atoms with E-state index in [1.54, 1.807) is 0 Å². The second-order valence-electron chi connectivity index (χ2n) is 6.59. The predicted octanol–water partition coefficient (Wildman–Crippen LogP) is 1.65. The Hall–Kier alpha value is -2.52. The number of aromatic nitrogens is 2. The molecule has 136 valence electrons. The Kier molecular flexibility index (Phi) is 4.33. The Morgan fingerprint density at radius 3 is 2.69 bits per heavy atom. The number of nitrogens with two attached hydrogens (primary N) is 1. The topological polar surface area (TPSA) is 111 Å². The smallest absolute Gasteiger partial charge is 0.208 e. The molecule has 9 heteroatoms. The highest BCUT2D eigenvalue weighted by Gasteiger charge is 2.37. The third-order valence-corrected chi connectivity index (χ3v) is 6.03. The quantitative estimate of drug-likeness (QED) is 0.606. The molecule has 2 aromatic rings. The maximum Gasteiger partial charge on any atom is 0.208 e. The fraction of sp³-hybridized carbons (Fsp3) is 0.353. The Labute approximate surface area is 153 Å². The third kappa shape index (κ3) is 2.82. The van der Waals surface area contributed by atoms with Crippen LogP contribution in [0, 0.1) is 23.1 Å². The van der Waals surface area contributed by atoms with Gasteiger partial charge in [0.1, 0.15) is 11.6 Å². The van der Waals surface area contributed by atoms with Crippen LogP contribution in [0.1, 0.15) is 5.56 Å². The van der Waals surface area contributed by atoms with Gasteiger partial charge in [0, 0.05) is 44.2 Å². The molecule has 5 N–H and O–H groups in total. The lowest BCUT2D eigenvalue weighted by Gasteiger charge is -2.14. The van der Waals surface area contributed by atoms with Crippen molar-refractivity contribution >= 4 is 28.3 Å². The summed E-state index contributed by atoms with van der Waals surface area (Å²) >= 11 is 1.28. The number of nitrogens with zero attached hydrogens (tertiary/aromatic N) is 3. The SMILES string of the molecule is N=CC(=CN)c1cc(O)c(-c2nnc(N3CC4CNCC4C3)s2)c(F)c1. The van der Waals surface area contributed by atoms with Crippen LogP contribution in [0.2, 0.25) is 0 Å². The predicted molar refractivity (Wildman–Crippen MR) is 100.0 cm³/mol. The Bertz CT molecular complexity index is 847. The molecule has 0 radical (unpaired) electrons. The number of nitrogens with one attached hydrogen (secondary N) is 2.